The molecule has 0 aliphatic heterocycles. The normalized spacial score (nSPS) is 23.9. The van der Waals surface area contributed by atoms with E-state index in [0.717, 1.165) is 0 Å². The number of aliphatic carboxylic acids is 2. The first kappa shape index (κ1) is 13.7. The second-order valence-corrected chi connectivity index (χ2v) is 4.15. The number of ether oxygens (including phenoxy) is 1. The molecule has 1 aliphatic rings. The number of carbonyl (C=O) groups is 2. The van der Waals surface area contributed by atoms with Crippen LogP contribution in [-0.4, -0.2) is 40.2 Å². The smallest absolute Gasteiger partial charge is 0.340 e. The highest BCUT2D eigenvalue weighted by Crippen LogP contribution is 2.30. The number of allylic oxidation sites excluding steroid dienone is 2. The summed E-state index contributed by atoms with van der Waals surface area (Å²) in [6, 6.07) is 0. The van der Waals surface area contributed by atoms with Gasteiger partial charge in [-0.1, -0.05) is 5.57 Å². The van der Waals surface area contributed by atoms with Gasteiger partial charge in [0.1, 0.15) is 0 Å². The van der Waals surface area contributed by atoms with Crippen molar-refractivity contribution in [3.05, 3.63) is 23.3 Å². The van der Waals surface area contributed by atoms with Crippen LogP contribution in [0.25, 0.3) is 0 Å². The van der Waals surface area contributed by atoms with Crippen molar-refractivity contribution in [2.24, 2.45) is 0 Å². The van der Waals surface area contributed by atoms with Crippen molar-refractivity contribution in [2.75, 3.05) is 12.5 Å². The topological polar surface area (TPSA) is 83.8 Å². The average Bonchev–Trinajstić information content (AvgIpc) is 2.25. The van der Waals surface area contributed by atoms with E-state index in [1.807, 2.05) is 0 Å². The third-order valence-electron chi connectivity index (χ3n) is 2.39. The number of hydrogen-bond acceptors (Lipinski definition) is 3. The van der Waals surface area contributed by atoms with E-state index < -0.39 is 17.5 Å². The predicted molar refractivity (Wildman–Crippen MR) is 61.1 cm³/mol. The molecular weight excluding hydrogens is 248 g/mol. The molecule has 2 N–H and O–H groups in total. The first-order chi connectivity index (χ1) is 7.91. The van der Waals surface area contributed by atoms with Crippen LogP contribution in [0.3, 0.4) is 0 Å². The molecule has 0 spiro atoms. The van der Waals surface area contributed by atoms with Gasteiger partial charge in [0.25, 0.3) is 0 Å². The molecule has 1 rings (SSSR count). The van der Waals surface area contributed by atoms with Gasteiger partial charge in [-0.3, -0.25) is 0 Å². The molecule has 1 atom stereocenters. The second kappa shape index (κ2) is 5.33. The summed E-state index contributed by atoms with van der Waals surface area (Å²) in [5, 5.41) is 18.1. The van der Waals surface area contributed by atoms with E-state index in [-0.39, 0.29) is 24.5 Å². The molecule has 94 valence electrons. The third-order valence-corrected chi connectivity index (χ3v) is 2.54. The molecule has 0 aromatic carbocycles. The van der Waals surface area contributed by atoms with Crippen molar-refractivity contribution < 1.29 is 24.5 Å². The lowest BCUT2D eigenvalue weighted by atomic mass is 9.86. The minimum atomic E-state index is -1.62. The minimum absolute atomic E-state index is 0.0157. The highest BCUT2D eigenvalue weighted by molar-refractivity contribution is 6.18. The van der Waals surface area contributed by atoms with Gasteiger partial charge in [0.2, 0.25) is 0 Å². The molecule has 0 aromatic heterocycles. The average molecular weight is 261 g/mol. The van der Waals surface area contributed by atoms with E-state index in [1.165, 1.54) is 12.2 Å². The van der Waals surface area contributed by atoms with Crippen LogP contribution in [0.4, 0.5) is 0 Å². The predicted octanol–water partition coefficient (Wildman–Crippen LogP) is 1.43. The Bertz CT molecular complexity index is 399. The van der Waals surface area contributed by atoms with Crippen molar-refractivity contribution in [3.8, 4) is 0 Å². The van der Waals surface area contributed by atoms with Crippen LogP contribution < -0.4 is 0 Å². The molecule has 1 aliphatic carbocycles. The summed E-state index contributed by atoms with van der Waals surface area (Å²) >= 11 is 5.45. The van der Waals surface area contributed by atoms with Gasteiger partial charge < -0.3 is 14.9 Å². The summed E-state index contributed by atoms with van der Waals surface area (Å²) in [6.45, 7) is 1.67. The quantitative estimate of drug-likeness (QED) is 0.731. The minimum Gasteiger partial charge on any atom is -0.479 e. The molecule has 5 nitrogen and oxygen atoms in total. The molecule has 0 heterocycles. The van der Waals surface area contributed by atoms with Crippen LogP contribution in [0.2, 0.25) is 0 Å². The van der Waals surface area contributed by atoms with Gasteiger partial charge in [0, 0.05) is 17.9 Å². The largest absolute Gasteiger partial charge is 0.479 e. The van der Waals surface area contributed by atoms with Gasteiger partial charge >= 0.3 is 11.9 Å². The molecule has 17 heavy (non-hydrogen) atoms. The molecule has 6 heteroatoms. The zero-order valence-corrected chi connectivity index (χ0v) is 10.0. The van der Waals surface area contributed by atoms with Crippen LogP contribution in [0.1, 0.15) is 13.3 Å². The summed E-state index contributed by atoms with van der Waals surface area (Å²) < 4.78 is 5.22. The Morgan fingerprint density at radius 2 is 2.18 bits per heavy atom. The molecule has 0 bridgehead atoms. The number of carboxylic acid groups (broad SMARTS) is 2. The lowest BCUT2D eigenvalue weighted by Crippen LogP contribution is -2.43. The highest BCUT2D eigenvalue weighted by Gasteiger charge is 2.41. The zero-order valence-electron chi connectivity index (χ0n) is 9.27. The summed E-state index contributed by atoms with van der Waals surface area (Å²) in [5.74, 6) is -2.21. The van der Waals surface area contributed by atoms with Gasteiger partial charge in [-0.25, -0.2) is 9.59 Å². The molecule has 0 amide bonds. The SMILES string of the molecule is CC1=CC(OCCCl)(C(=O)O)CC(C(=O)O)=C1. The molecular formula is C11H13ClO5. The molecule has 0 saturated carbocycles. The number of carboxylic acids is 2. The van der Waals surface area contributed by atoms with E-state index in [2.05, 4.69) is 0 Å². The van der Waals surface area contributed by atoms with Gasteiger partial charge in [0.05, 0.1) is 6.61 Å². The Morgan fingerprint density at radius 3 is 2.65 bits per heavy atom. The van der Waals surface area contributed by atoms with Gasteiger partial charge in [-0.15, -0.1) is 11.6 Å². The van der Waals surface area contributed by atoms with Crippen LogP contribution in [-0.2, 0) is 14.3 Å². The molecule has 0 fully saturated rings. The van der Waals surface area contributed by atoms with Crippen molar-refractivity contribution in [2.45, 2.75) is 18.9 Å². The molecule has 1 unspecified atom stereocenters. The molecule has 0 aromatic rings. The van der Waals surface area contributed by atoms with Gasteiger partial charge in [-0.05, 0) is 19.1 Å². The van der Waals surface area contributed by atoms with E-state index in [4.69, 9.17) is 21.4 Å². The van der Waals surface area contributed by atoms with E-state index >= 15 is 0 Å². The Hall–Kier alpha value is -1.33. The summed E-state index contributed by atoms with van der Waals surface area (Å²) in [5.41, 5.74) is -1.06. The lowest BCUT2D eigenvalue weighted by molar-refractivity contribution is -0.159. The monoisotopic (exact) mass is 260 g/mol. The third kappa shape index (κ3) is 3.08. The maximum absolute atomic E-state index is 11.3. The lowest BCUT2D eigenvalue weighted by Gasteiger charge is -2.29. The number of hydrogen-bond donors (Lipinski definition) is 2. The summed E-state index contributed by atoms with van der Waals surface area (Å²) in [4.78, 5) is 22.2. The van der Waals surface area contributed by atoms with E-state index in [0.29, 0.717) is 5.57 Å². The highest BCUT2D eigenvalue weighted by atomic mass is 35.5. The van der Waals surface area contributed by atoms with Crippen molar-refractivity contribution >= 4 is 23.5 Å². The Kier molecular flexibility index (Phi) is 4.31. The van der Waals surface area contributed by atoms with Crippen molar-refractivity contribution in [1.82, 2.24) is 0 Å². The standard InChI is InChI=1S/C11H13ClO5/c1-7-4-8(9(13)14)6-11(5-7,10(15)16)17-3-2-12/h4-5H,2-3,6H2,1H3,(H,13,14)(H,15,16). The van der Waals surface area contributed by atoms with Crippen LogP contribution in [0, 0.1) is 0 Å². The second-order valence-electron chi connectivity index (χ2n) is 3.77. The maximum atomic E-state index is 11.3. The van der Waals surface area contributed by atoms with Crippen LogP contribution >= 0.6 is 11.6 Å². The van der Waals surface area contributed by atoms with Crippen molar-refractivity contribution in [1.29, 1.82) is 0 Å². The first-order valence-corrected chi connectivity index (χ1v) is 5.51. The van der Waals surface area contributed by atoms with Crippen LogP contribution in [0.15, 0.2) is 23.3 Å². The fourth-order valence-electron chi connectivity index (χ4n) is 1.72. The number of halogens is 1. The van der Waals surface area contributed by atoms with E-state index in [9.17, 15) is 14.7 Å². The van der Waals surface area contributed by atoms with Crippen molar-refractivity contribution in [3.63, 3.8) is 0 Å². The van der Waals surface area contributed by atoms with Gasteiger partial charge in [-0.2, -0.15) is 0 Å². The maximum Gasteiger partial charge on any atom is 0.340 e. The number of alkyl halides is 1. The van der Waals surface area contributed by atoms with Gasteiger partial charge in [0.15, 0.2) is 5.60 Å². The van der Waals surface area contributed by atoms with Crippen LogP contribution in [0.5, 0.6) is 0 Å². The Balaban J connectivity index is 3.05. The Labute approximate surface area is 103 Å². The summed E-state index contributed by atoms with van der Waals surface area (Å²) in [6.07, 6.45) is 2.65. The van der Waals surface area contributed by atoms with E-state index in [1.54, 1.807) is 6.92 Å². The first-order valence-electron chi connectivity index (χ1n) is 4.98. The fourth-order valence-corrected chi connectivity index (χ4v) is 1.80. The fraction of sp³-hybridized carbons (Fsp3) is 0.455. The zero-order chi connectivity index (χ0) is 13.1. The number of rotatable bonds is 5. The molecule has 0 radical (unpaired) electrons. The Morgan fingerprint density at radius 1 is 1.53 bits per heavy atom. The molecule has 0 saturated heterocycles. The summed E-state index contributed by atoms with van der Waals surface area (Å²) in [7, 11) is 0.